The van der Waals surface area contributed by atoms with E-state index >= 15 is 0 Å². The molecule has 2 aromatic rings. The quantitative estimate of drug-likeness (QED) is 0.860. The lowest BCUT2D eigenvalue weighted by molar-refractivity contribution is 0.0945. The number of amides is 1. The van der Waals surface area contributed by atoms with Crippen molar-refractivity contribution in [1.29, 1.82) is 0 Å². The first-order valence-electron chi connectivity index (χ1n) is 7.46. The van der Waals surface area contributed by atoms with Gasteiger partial charge >= 0.3 is 0 Å². The van der Waals surface area contributed by atoms with Gasteiger partial charge < -0.3 is 10.6 Å². The van der Waals surface area contributed by atoms with E-state index in [4.69, 9.17) is 0 Å². The van der Waals surface area contributed by atoms with Gasteiger partial charge in [0, 0.05) is 13.1 Å². The Morgan fingerprint density at radius 1 is 1.09 bits per heavy atom. The number of rotatable bonds is 6. The van der Waals surface area contributed by atoms with Gasteiger partial charge in [-0.15, -0.1) is 10.2 Å². The summed E-state index contributed by atoms with van der Waals surface area (Å²) in [6.45, 7) is 7.58. The molecule has 0 saturated heterocycles. The number of carbonyl (C=O) groups is 1. The molecule has 1 aromatic heterocycles. The highest BCUT2D eigenvalue weighted by molar-refractivity contribution is 5.92. The number of aromatic nitrogens is 2. The standard InChI is InChI=1S/C17H22N4O/c1-12(2)10-18-16-9-8-15(20-21-16)17(22)19-11-14-6-4-13(3)5-7-14/h4-9,12H,10-11H2,1-3H3,(H,18,21)(H,19,22). The van der Waals surface area contributed by atoms with Crippen LogP contribution in [0.15, 0.2) is 36.4 Å². The number of nitrogens with zero attached hydrogens (tertiary/aromatic N) is 2. The molecular weight excluding hydrogens is 276 g/mol. The molecule has 0 aliphatic rings. The third-order valence-electron chi connectivity index (χ3n) is 3.16. The van der Waals surface area contributed by atoms with Crippen molar-refractivity contribution in [3.05, 3.63) is 53.2 Å². The first kappa shape index (κ1) is 15.9. The van der Waals surface area contributed by atoms with Crippen LogP contribution in [0.1, 0.15) is 35.5 Å². The fourth-order valence-corrected chi connectivity index (χ4v) is 1.84. The zero-order valence-corrected chi connectivity index (χ0v) is 13.3. The molecule has 0 aliphatic heterocycles. The second-order valence-corrected chi connectivity index (χ2v) is 5.75. The fraction of sp³-hybridized carbons (Fsp3) is 0.353. The predicted molar refractivity (Wildman–Crippen MR) is 87.7 cm³/mol. The molecule has 5 nitrogen and oxygen atoms in total. The van der Waals surface area contributed by atoms with Gasteiger partial charge in [-0.3, -0.25) is 4.79 Å². The zero-order chi connectivity index (χ0) is 15.9. The van der Waals surface area contributed by atoms with E-state index in [0.717, 1.165) is 12.1 Å². The molecule has 0 saturated carbocycles. The molecule has 5 heteroatoms. The van der Waals surface area contributed by atoms with Crippen molar-refractivity contribution < 1.29 is 4.79 Å². The van der Waals surface area contributed by atoms with Crippen LogP contribution < -0.4 is 10.6 Å². The van der Waals surface area contributed by atoms with Crippen LogP contribution in [0.4, 0.5) is 5.82 Å². The van der Waals surface area contributed by atoms with E-state index in [-0.39, 0.29) is 5.91 Å². The van der Waals surface area contributed by atoms with Crippen molar-refractivity contribution in [2.75, 3.05) is 11.9 Å². The minimum absolute atomic E-state index is 0.219. The summed E-state index contributed by atoms with van der Waals surface area (Å²) >= 11 is 0. The third-order valence-corrected chi connectivity index (χ3v) is 3.16. The fourth-order valence-electron chi connectivity index (χ4n) is 1.84. The maximum Gasteiger partial charge on any atom is 0.272 e. The minimum atomic E-state index is -0.219. The van der Waals surface area contributed by atoms with E-state index in [1.807, 2.05) is 31.2 Å². The minimum Gasteiger partial charge on any atom is -0.368 e. The number of hydrogen-bond acceptors (Lipinski definition) is 4. The van der Waals surface area contributed by atoms with Crippen molar-refractivity contribution in [3.63, 3.8) is 0 Å². The van der Waals surface area contributed by atoms with Crippen molar-refractivity contribution in [1.82, 2.24) is 15.5 Å². The predicted octanol–water partition coefficient (Wildman–Crippen LogP) is 2.78. The van der Waals surface area contributed by atoms with Crippen LogP contribution in [0.2, 0.25) is 0 Å². The summed E-state index contributed by atoms with van der Waals surface area (Å²) in [5, 5.41) is 14.0. The highest BCUT2D eigenvalue weighted by Crippen LogP contribution is 2.05. The van der Waals surface area contributed by atoms with Gasteiger partial charge in [-0.2, -0.15) is 0 Å². The lowest BCUT2D eigenvalue weighted by Crippen LogP contribution is -2.24. The normalized spacial score (nSPS) is 10.5. The topological polar surface area (TPSA) is 66.9 Å². The van der Waals surface area contributed by atoms with E-state index in [2.05, 4.69) is 34.7 Å². The number of carbonyl (C=O) groups excluding carboxylic acids is 1. The number of nitrogens with one attached hydrogen (secondary N) is 2. The maximum absolute atomic E-state index is 12.0. The molecule has 0 radical (unpaired) electrons. The molecule has 0 atom stereocenters. The largest absolute Gasteiger partial charge is 0.368 e. The molecule has 2 rings (SSSR count). The van der Waals surface area contributed by atoms with Crippen molar-refractivity contribution in [2.45, 2.75) is 27.3 Å². The van der Waals surface area contributed by atoms with Gasteiger partial charge in [-0.25, -0.2) is 0 Å². The van der Waals surface area contributed by atoms with E-state index in [0.29, 0.717) is 24.0 Å². The Balaban J connectivity index is 1.88. The summed E-state index contributed by atoms with van der Waals surface area (Å²) in [6, 6.07) is 11.5. The smallest absolute Gasteiger partial charge is 0.272 e. The number of anilines is 1. The van der Waals surface area contributed by atoms with E-state index in [9.17, 15) is 4.79 Å². The lowest BCUT2D eigenvalue weighted by atomic mass is 10.1. The van der Waals surface area contributed by atoms with Gasteiger partial charge in [0.15, 0.2) is 5.69 Å². The molecule has 2 N–H and O–H groups in total. The molecule has 0 spiro atoms. The summed E-state index contributed by atoms with van der Waals surface area (Å²) < 4.78 is 0. The molecule has 1 amide bonds. The third kappa shape index (κ3) is 4.84. The molecule has 22 heavy (non-hydrogen) atoms. The summed E-state index contributed by atoms with van der Waals surface area (Å²) in [5.41, 5.74) is 2.58. The maximum atomic E-state index is 12.0. The molecule has 0 aliphatic carbocycles. The molecule has 1 aromatic carbocycles. The van der Waals surface area contributed by atoms with Gasteiger partial charge in [-0.05, 0) is 30.5 Å². The van der Waals surface area contributed by atoms with Crippen LogP contribution in [0, 0.1) is 12.8 Å². The Morgan fingerprint density at radius 3 is 2.41 bits per heavy atom. The molecule has 0 unspecified atom stereocenters. The number of aryl methyl sites for hydroxylation is 1. The summed E-state index contributed by atoms with van der Waals surface area (Å²) in [5.74, 6) is 0.992. The second-order valence-electron chi connectivity index (χ2n) is 5.75. The Labute approximate surface area is 131 Å². The molecule has 116 valence electrons. The van der Waals surface area contributed by atoms with Gasteiger partial charge in [0.1, 0.15) is 5.82 Å². The van der Waals surface area contributed by atoms with Crippen molar-refractivity contribution in [3.8, 4) is 0 Å². The van der Waals surface area contributed by atoms with Crippen LogP contribution in [0.5, 0.6) is 0 Å². The average Bonchev–Trinajstić information content (AvgIpc) is 2.52. The molecular formula is C17H22N4O. The second kappa shape index (κ2) is 7.54. The first-order chi connectivity index (χ1) is 10.5. The summed E-state index contributed by atoms with van der Waals surface area (Å²) in [6.07, 6.45) is 0. The first-order valence-corrected chi connectivity index (χ1v) is 7.46. The zero-order valence-electron chi connectivity index (χ0n) is 13.3. The average molecular weight is 298 g/mol. The van der Waals surface area contributed by atoms with Crippen LogP contribution >= 0.6 is 0 Å². The monoisotopic (exact) mass is 298 g/mol. The van der Waals surface area contributed by atoms with Gasteiger partial charge in [-0.1, -0.05) is 43.7 Å². The SMILES string of the molecule is Cc1ccc(CNC(=O)c2ccc(NCC(C)C)nn2)cc1. The number of hydrogen-bond donors (Lipinski definition) is 2. The van der Waals surface area contributed by atoms with Crippen molar-refractivity contribution >= 4 is 11.7 Å². The molecule has 1 heterocycles. The van der Waals surface area contributed by atoms with Gasteiger partial charge in [0.05, 0.1) is 0 Å². The van der Waals surface area contributed by atoms with E-state index < -0.39 is 0 Å². The Kier molecular flexibility index (Phi) is 5.47. The van der Waals surface area contributed by atoms with Gasteiger partial charge in [0.25, 0.3) is 5.91 Å². The Bertz CT molecular complexity index is 606. The van der Waals surface area contributed by atoms with Crippen LogP contribution in [0.25, 0.3) is 0 Å². The lowest BCUT2D eigenvalue weighted by Gasteiger charge is -2.08. The van der Waals surface area contributed by atoms with E-state index in [1.165, 1.54) is 5.56 Å². The highest BCUT2D eigenvalue weighted by Gasteiger charge is 2.08. The van der Waals surface area contributed by atoms with Crippen LogP contribution in [-0.2, 0) is 6.54 Å². The summed E-state index contributed by atoms with van der Waals surface area (Å²) in [4.78, 5) is 12.0. The van der Waals surface area contributed by atoms with E-state index in [1.54, 1.807) is 12.1 Å². The van der Waals surface area contributed by atoms with Crippen molar-refractivity contribution in [2.24, 2.45) is 5.92 Å². The Morgan fingerprint density at radius 2 is 1.82 bits per heavy atom. The highest BCUT2D eigenvalue weighted by atomic mass is 16.1. The summed E-state index contributed by atoms with van der Waals surface area (Å²) in [7, 11) is 0. The van der Waals surface area contributed by atoms with Crippen LogP contribution in [0.3, 0.4) is 0 Å². The molecule has 0 bridgehead atoms. The molecule has 0 fully saturated rings. The van der Waals surface area contributed by atoms with Gasteiger partial charge in [0.2, 0.25) is 0 Å². The number of benzene rings is 1. The van der Waals surface area contributed by atoms with Crippen LogP contribution in [-0.4, -0.2) is 22.6 Å². The Hall–Kier alpha value is -2.43.